The fourth-order valence-electron chi connectivity index (χ4n) is 9.16. The highest BCUT2D eigenvalue weighted by molar-refractivity contribution is 5.99. The molecule has 5 fully saturated rings. The summed E-state index contributed by atoms with van der Waals surface area (Å²) in [7, 11) is 0. The normalized spacial score (nSPS) is 53.0. The molecule has 5 nitrogen and oxygen atoms in total. The van der Waals surface area contributed by atoms with Gasteiger partial charge >= 0.3 is 5.97 Å². The highest BCUT2D eigenvalue weighted by Crippen LogP contribution is 2.67. The van der Waals surface area contributed by atoms with E-state index >= 15 is 0 Å². The van der Waals surface area contributed by atoms with E-state index in [9.17, 15) is 14.7 Å². The molecule has 1 N–H and O–H groups in total. The third-order valence-corrected chi connectivity index (χ3v) is 11.1. The van der Waals surface area contributed by atoms with Crippen LogP contribution in [0.3, 0.4) is 0 Å². The third-order valence-electron chi connectivity index (χ3n) is 11.1. The summed E-state index contributed by atoms with van der Waals surface area (Å²) in [4.78, 5) is 25.6. The lowest BCUT2D eigenvalue weighted by Gasteiger charge is -2.59. The molecule has 0 aromatic rings. The highest BCUT2D eigenvalue weighted by atomic mass is 16.6. The number of aliphatic hydroxyl groups is 1. The van der Waals surface area contributed by atoms with Crippen LogP contribution in [0.4, 0.5) is 0 Å². The van der Waals surface area contributed by atoms with Gasteiger partial charge in [0, 0.05) is 12.3 Å². The zero-order valence-electron chi connectivity index (χ0n) is 20.0. The molecule has 6 rings (SSSR count). The van der Waals surface area contributed by atoms with Gasteiger partial charge in [-0.15, -0.1) is 0 Å². The minimum atomic E-state index is -0.604. The molecule has 0 unspecified atom stereocenters. The lowest BCUT2D eigenvalue weighted by molar-refractivity contribution is -0.201. The number of aliphatic hydroxyl groups excluding tert-OH is 1. The van der Waals surface area contributed by atoms with Gasteiger partial charge in [-0.05, 0) is 86.7 Å². The van der Waals surface area contributed by atoms with Crippen LogP contribution in [0, 0.1) is 40.4 Å². The van der Waals surface area contributed by atoms with Crippen LogP contribution >= 0.6 is 0 Å². The van der Waals surface area contributed by atoms with Gasteiger partial charge in [0.2, 0.25) is 0 Å². The van der Waals surface area contributed by atoms with E-state index in [4.69, 9.17) is 9.47 Å². The van der Waals surface area contributed by atoms with E-state index in [1.807, 2.05) is 13.0 Å². The van der Waals surface area contributed by atoms with E-state index in [1.54, 1.807) is 12.2 Å². The summed E-state index contributed by atoms with van der Waals surface area (Å²) in [5.74, 6) is 1.54. The average Bonchev–Trinajstić information content (AvgIpc) is 3.11. The SMILES string of the molecule is C=C1C(=O)O[C@@H]2C[C@@]1(C)OC[C@H]2[C@H]1CC[C@H]2[C@@H]3C[C@@H](O)C4=CC=CC(=O)[C@]4(C)[C@H]3CC[C@]12C. The van der Waals surface area contributed by atoms with Crippen LogP contribution in [0.5, 0.6) is 0 Å². The number of fused-ring (bicyclic) bond motifs is 7. The number of esters is 1. The van der Waals surface area contributed by atoms with Gasteiger partial charge < -0.3 is 14.6 Å². The van der Waals surface area contributed by atoms with Crippen molar-refractivity contribution < 1.29 is 24.2 Å². The van der Waals surface area contributed by atoms with Crippen molar-refractivity contribution in [2.45, 2.75) is 77.1 Å². The van der Waals surface area contributed by atoms with Crippen LogP contribution < -0.4 is 0 Å². The second kappa shape index (κ2) is 6.91. The Balaban J connectivity index is 1.30. The molecule has 3 saturated carbocycles. The molecular formula is C28H36O5. The summed E-state index contributed by atoms with van der Waals surface area (Å²) < 4.78 is 12.2. The Bertz CT molecular complexity index is 994. The number of allylic oxidation sites excluding steroid dienone is 3. The van der Waals surface area contributed by atoms with Gasteiger partial charge in [0.25, 0.3) is 0 Å². The molecule has 2 bridgehead atoms. The van der Waals surface area contributed by atoms with Gasteiger partial charge in [0.15, 0.2) is 5.78 Å². The van der Waals surface area contributed by atoms with Crippen molar-refractivity contribution in [1.82, 2.24) is 0 Å². The molecule has 0 aromatic carbocycles. The molecule has 0 amide bonds. The fourth-order valence-corrected chi connectivity index (χ4v) is 9.16. The smallest absolute Gasteiger partial charge is 0.336 e. The zero-order valence-corrected chi connectivity index (χ0v) is 20.0. The van der Waals surface area contributed by atoms with Crippen molar-refractivity contribution >= 4 is 11.8 Å². The van der Waals surface area contributed by atoms with Crippen molar-refractivity contribution in [3.8, 4) is 0 Å². The fraction of sp³-hybridized carbons (Fsp3) is 0.714. The van der Waals surface area contributed by atoms with Crippen molar-refractivity contribution in [2.24, 2.45) is 40.4 Å². The van der Waals surface area contributed by atoms with E-state index in [1.165, 1.54) is 0 Å². The van der Waals surface area contributed by atoms with Crippen molar-refractivity contribution in [2.75, 3.05) is 6.61 Å². The molecule has 2 saturated heterocycles. The summed E-state index contributed by atoms with van der Waals surface area (Å²) in [5.41, 5.74) is 0.281. The van der Waals surface area contributed by atoms with Gasteiger partial charge in [-0.1, -0.05) is 25.7 Å². The number of carbonyl (C=O) groups excluding carboxylic acids is 2. The Morgan fingerprint density at radius 1 is 1.06 bits per heavy atom. The van der Waals surface area contributed by atoms with E-state index in [2.05, 4.69) is 20.4 Å². The Labute approximate surface area is 196 Å². The van der Waals surface area contributed by atoms with Crippen LogP contribution in [0.15, 0.2) is 36.0 Å². The molecule has 10 atom stereocenters. The van der Waals surface area contributed by atoms with Crippen LogP contribution in [0.1, 0.15) is 59.3 Å². The van der Waals surface area contributed by atoms with Crippen molar-refractivity contribution in [3.63, 3.8) is 0 Å². The monoisotopic (exact) mass is 452 g/mol. The summed E-state index contributed by atoms with van der Waals surface area (Å²) >= 11 is 0. The van der Waals surface area contributed by atoms with Gasteiger partial charge in [-0.3, -0.25) is 4.79 Å². The number of ether oxygens (including phenoxy) is 2. The number of hydrogen-bond donors (Lipinski definition) is 1. The summed E-state index contributed by atoms with van der Waals surface area (Å²) in [6.45, 7) is 11.0. The predicted octanol–water partition coefficient (Wildman–Crippen LogP) is 4.16. The first-order valence-electron chi connectivity index (χ1n) is 12.7. The number of rotatable bonds is 1. The number of hydrogen-bond acceptors (Lipinski definition) is 5. The Kier molecular flexibility index (Phi) is 4.56. The summed E-state index contributed by atoms with van der Waals surface area (Å²) in [5, 5.41) is 11.1. The number of carbonyl (C=O) groups is 2. The predicted molar refractivity (Wildman–Crippen MR) is 123 cm³/mol. The Morgan fingerprint density at radius 2 is 1.79 bits per heavy atom. The van der Waals surface area contributed by atoms with E-state index in [0.717, 1.165) is 37.7 Å². The lowest BCUT2D eigenvalue weighted by Crippen LogP contribution is -2.58. The third kappa shape index (κ3) is 2.72. The van der Waals surface area contributed by atoms with Gasteiger partial charge in [-0.25, -0.2) is 4.79 Å². The molecule has 2 heterocycles. The summed E-state index contributed by atoms with van der Waals surface area (Å²) in [6.07, 6.45) is 10.5. The van der Waals surface area contributed by atoms with Crippen LogP contribution in [-0.4, -0.2) is 41.3 Å². The van der Waals surface area contributed by atoms with Gasteiger partial charge in [0.1, 0.15) is 11.7 Å². The first kappa shape index (κ1) is 21.8. The van der Waals surface area contributed by atoms with Gasteiger partial charge in [-0.2, -0.15) is 0 Å². The zero-order chi connectivity index (χ0) is 23.3. The molecule has 4 aliphatic carbocycles. The molecular weight excluding hydrogens is 416 g/mol. The molecule has 178 valence electrons. The van der Waals surface area contributed by atoms with E-state index in [0.29, 0.717) is 36.4 Å². The molecule has 6 aliphatic rings. The van der Waals surface area contributed by atoms with Crippen molar-refractivity contribution in [3.05, 3.63) is 36.0 Å². The quantitative estimate of drug-likeness (QED) is 0.478. The average molecular weight is 453 g/mol. The second-order valence-corrected chi connectivity index (χ2v) is 12.2. The lowest BCUT2D eigenvalue weighted by atomic mass is 9.46. The largest absolute Gasteiger partial charge is 0.458 e. The Morgan fingerprint density at radius 3 is 2.55 bits per heavy atom. The minimum absolute atomic E-state index is 0.106. The highest BCUT2D eigenvalue weighted by Gasteiger charge is 2.64. The molecule has 0 spiro atoms. The maximum Gasteiger partial charge on any atom is 0.336 e. The first-order valence-corrected chi connectivity index (χ1v) is 12.7. The molecule has 2 aliphatic heterocycles. The van der Waals surface area contributed by atoms with Gasteiger partial charge in [0.05, 0.1) is 23.7 Å². The second-order valence-electron chi connectivity index (χ2n) is 12.2. The first-order chi connectivity index (χ1) is 15.6. The molecule has 5 heteroatoms. The Hall–Kier alpha value is -1.72. The van der Waals surface area contributed by atoms with Crippen molar-refractivity contribution in [1.29, 1.82) is 0 Å². The minimum Gasteiger partial charge on any atom is -0.458 e. The maximum absolute atomic E-state index is 13.1. The van der Waals surface area contributed by atoms with Crippen LogP contribution in [0.25, 0.3) is 0 Å². The number of ketones is 1. The molecule has 0 radical (unpaired) electrons. The van der Waals surface area contributed by atoms with E-state index < -0.39 is 17.1 Å². The van der Waals surface area contributed by atoms with Crippen LogP contribution in [0.2, 0.25) is 0 Å². The molecule has 0 aromatic heterocycles. The van der Waals surface area contributed by atoms with E-state index in [-0.39, 0.29) is 35.1 Å². The maximum atomic E-state index is 13.1. The molecule has 33 heavy (non-hydrogen) atoms. The topological polar surface area (TPSA) is 72.8 Å². The standard InChI is InChI=1S/C28H36O5/c1-15-25(31)33-23-13-27(15,3)32-14-17(23)19-9-8-18-16-12-22(29)21-6-5-7-24(30)28(21,4)20(16)10-11-26(18,19)2/h5-7,16-20,22-23,29H,1,8-14H2,2-4H3/t16-,17-,18-,19+,20-,22+,23+,26-,27+,28+/m0/s1. The summed E-state index contributed by atoms with van der Waals surface area (Å²) in [6, 6.07) is 0. The van der Waals surface area contributed by atoms with Crippen LogP contribution in [-0.2, 0) is 19.1 Å².